The molecule has 0 N–H and O–H groups in total. The third-order valence-electron chi connectivity index (χ3n) is 5.47. The minimum atomic E-state index is -3.79. The van der Waals surface area contributed by atoms with E-state index in [1.807, 2.05) is 0 Å². The first-order valence-corrected chi connectivity index (χ1v) is 11.2. The lowest BCUT2D eigenvalue weighted by Gasteiger charge is -2.30. The van der Waals surface area contributed by atoms with Crippen molar-refractivity contribution >= 4 is 21.6 Å². The molecule has 0 atom stereocenters. The van der Waals surface area contributed by atoms with E-state index in [0.29, 0.717) is 37.2 Å². The molecule has 2 aliphatic heterocycles. The molecule has 1 amide bonds. The highest BCUT2D eigenvalue weighted by Gasteiger charge is 2.31. The zero-order chi connectivity index (χ0) is 21.5. The van der Waals surface area contributed by atoms with Crippen LogP contribution in [0.15, 0.2) is 35.2 Å². The summed E-state index contributed by atoms with van der Waals surface area (Å²) >= 11 is 0. The maximum absolute atomic E-state index is 14.5. The van der Waals surface area contributed by atoms with Gasteiger partial charge in [0.15, 0.2) is 0 Å². The van der Waals surface area contributed by atoms with Gasteiger partial charge >= 0.3 is 0 Å². The second kappa shape index (κ2) is 8.05. The summed E-state index contributed by atoms with van der Waals surface area (Å²) in [6, 6.07) is 6.45. The molecule has 2 heterocycles. The van der Waals surface area contributed by atoms with E-state index in [1.165, 1.54) is 27.4 Å². The van der Waals surface area contributed by atoms with Gasteiger partial charge in [-0.3, -0.25) is 4.79 Å². The molecule has 0 aromatic heterocycles. The van der Waals surface area contributed by atoms with Crippen molar-refractivity contribution < 1.29 is 26.7 Å². The van der Waals surface area contributed by atoms with Gasteiger partial charge in [0.25, 0.3) is 5.91 Å². The number of aryl methyl sites for hydroxylation is 2. The van der Waals surface area contributed by atoms with Gasteiger partial charge in [-0.2, -0.15) is 4.31 Å². The van der Waals surface area contributed by atoms with E-state index in [0.717, 1.165) is 6.07 Å². The predicted molar refractivity (Wildman–Crippen MR) is 107 cm³/mol. The van der Waals surface area contributed by atoms with Crippen LogP contribution in [-0.4, -0.2) is 51.5 Å². The Balaban J connectivity index is 1.71. The van der Waals surface area contributed by atoms with Crippen LogP contribution in [0.25, 0.3) is 0 Å². The normalized spacial score (nSPS) is 17.6. The third kappa shape index (κ3) is 3.73. The number of rotatable bonds is 3. The van der Waals surface area contributed by atoms with E-state index in [1.54, 1.807) is 13.0 Å². The first-order chi connectivity index (χ1) is 14.3. The van der Waals surface area contributed by atoms with Crippen molar-refractivity contribution in [2.75, 3.05) is 37.7 Å². The molecule has 0 spiro atoms. The van der Waals surface area contributed by atoms with Crippen molar-refractivity contribution in [3.05, 3.63) is 58.7 Å². The number of hydrogen-bond donors (Lipinski definition) is 0. The Bertz CT molecular complexity index is 1100. The maximum atomic E-state index is 14.5. The molecule has 1 saturated heterocycles. The van der Waals surface area contributed by atoms with Crippen LogP contribution in [0.3, 0.4) is 0 Å². The van der Waals surface area contributed by atoms with Crippen molar-refractivity contribution in [3.63, 3.8) is 0 Å². The summed E-state index contributed by atoms with van der Waals surface area (Å²) in [6.07, 6.45) is 1.03. The van der Waals surface area contributed by atoms with E-state index in [-0.39, 0.29) is 35.8 Å². The van der Waals surface area contributed by atoms with E-state index in [9.17, 15) is 22.0 Å². The summed E-state index contributed by atoms with van der Waals surface area (Å²) in [7, 11) is -3.79. The molecule has 6 nitrogen and oxygen atoms in total. The molecule has 4 rings (SSSR count). The lowest BCUT2D eigenvalue weighted by Crippen LogP contribution is -2.41. The molecule has 30 heavy (non-hydrogen) atoms. The van der Waals surface area contributed by atoms with Gasteiger partial charge in [-0.25, -0.2) is 17.2 Å². The minimum Gasteiger partial charge on any atom is -0.379 e. The van der Waals surface area contributed by atoms with E-state index < -0.39 is 27.6 Å². The van der Waals surface area contributed by atoms with Crippen LogP contribution in [0, 0.1) is 18.6 Å². The van der Waals surface area contributed by atoms with E-state index in [4.69, 9.17) is 4.74 Å². The van der Waals surface area contributed by atoms with Gasteiger partial charge < -0.3 is 9.64 Å². The van der Waals surface area contributed by atoms with Crippen LogP contribution in [0.4, 0.5) is 14.5 Å². The van der Waals surface area contributed by atoms with Crippen LogP contribution >= 0.6 is 0 Å². The number of fused-ring (bicyclic) bond motifs is 1. The van der Waals surface area contributed by atoms with Crippen molar-refractivity contribution in [2.45, 2.75) is 24.7 Å². The number of amides is 1. The van der Waals surface area contributed by atoms with Crippen molar-refractivity contribution in [2.24, 2.45) is 0 Å². The summed E-state index contributed by atoms with van der Waals surface area (Å²) in [6.45, 7) is 3.06. The van der Waals surface area contributed by atoms with Crippen molar-refractivity contribution in [1.82, 2.24) is 4.31 Å². The van der Waals surface area contributed by atoms with Crippen LogP contribution < -0.4 is 4.90 Å². The Morgan fingerprint density at radius 3 is 2.53 bits per heavy atom. The Morgan fingerprint density at radius 1 is 1.07 bits per heavy atom. The summed E-state index contributed by atoms with van der Waals surface area (Å²) in [5, 5.41) is 0. The van der Waals surface area contributed by atoms with Crippen LogP contribution in [0.1, 0.15) is 27.9 Å². The Hall–Kier alpha value is -2.36. The second-order valence-electron chi connectivity index (χ2n) is 7.45. The Labute approximate surface area is 174 Å². The van der Waals surface area contributed by atoms with Gasteiger partial charge in [0.2, 0.25) is 10.0 Å². The van der Waals surface area contributed by atoms with Gasteiger partial charge in [-0.05, 0) is 49.1 Å². The minimum absolute atomic E-state index is 0.0482. The van der Waals surface area contributed by atoms with Gasteiger partial charge in [-0.1, -0.05) is 6.07 Å². The van der Waals surface area contributed by atoms with Crippen LogP contribution in [0.2, 0.25) is 0 Å². The van der Waals surface area contributed by atoms with E-state index >= 15 is 0 Å². The van der Waals surface area contributed by atoms with Gasteiger partial charge in [-0.15, -0.1) is 0 Å². The van der Waals surface area contributed by atoms with Crippen LogP contribution in [0.5, 0.6) is 0 Å². The number of benzene rings is 2. The fourth-order valence-electron chi connectivity index (χ4n) is 3.95. The number of carbonyl (C=O) groups excluding carboxylic acids is 1. The highest BCUT2D eigenvalue weighted by atomic mass is 32.2. The molecule has 0 saturated carbocycles. The lowest BCUT2D eigenvalue weighted by atomic mass is 10.00. The predicted octanol–water partition coefficient (Wildman–Crippen LogP) is 2.89. The smallest absolute Gasteiger partial charge is 0.258 e. The largest absolute Gasteiger partial charge is 0.379 e. The quantitative estimate of drug-likeness (QED) is 0.742. The SMILES string of the molecule is Cc1ccc(C(=O)N2CCCc3cc(F)cc(F)c32)cc1S(=O)(=O)N1CCOCC1. The number of ether oxygens (including phenoxy) is 1. The molecule has 0 unspecified atom stereocenters. The number of sulfonamides is 1. The van der Waals surface area contributed by atoms with Gasteiger partial charge in [0.1, 0.15) is 11.6 Å². The number of halogens is 2. The first-order valence-electron chi connectivity index (χ1n) is 9.77. The Morgan fingerprint density at radius 2 is 1.80 bits per heavy atom. The number of carbonyl (C=O) groups is 1. The zero-order valence-electron chi connectivity index (χ0n) is 16.5. The fraction of sp³-hybridized carbons (Fsp3) is 0.381. The van der Waals surface area contributed by atoms with Crippen molar-refractivity contribution in [3.8, 4) is 0 Å². The molecule has 2 aromatic rings. The topological polar surface area (TPSA) is 66.9 Å². The van der Waals surface area contributed by atoms with Crippen LogP contribution in [-0.2, 0) is 21.2 Å². The summed E-state index contributed by atoms with van der Waals surface area (Å²) in [4.78, 5) is 14.5. The molecule has 0 bridgehead atoms. The second-order valence-corrected chi connectivity index (χ2v) is 9.36. The molecular formula is C21H22F2N2O4S. The molecule has 0 aliphatic carbocycles. The summed E-state index contributed by atoms with van der Waals surface area (Å²) < 4.78 is 60.8. The summed E-state index contributed by atoms with van der Waals surface area (Å²) in [5.41, 5.74) is 1.15. The highest BCUT2D eigenvalue weighted by Crippen LogP contribution is 2.33. The first kappa shape index (κ1) is 20.9. The van der Waals surface area contributed by atoms with Gasteiger partial charge in [0, 0.05) is 31.3 Å². The number of nitrogens with zero attached hydrogens (tertiary/aromatic N) is 2. The molecule has 0 radical (unpaired) electrons. The standard InChI is InChI=1S/C21H22F2N2O4S/c1-14-4-5-16(12-19(14)30(27,28)24-7-9-29-10-8-24)21(26)25-6-2-3-15-11-17(22)13-18(23)20(15)25/h4-5,11-13H,2-3,6-10H2,1H3. The monoisotopic (exact) mass is 436 g/mol. The molecule has 1 fully saturated rings. The average Bonchev–Trinajstić information content (AvgIpc) is 2.73. The molecular weight excluding hydrogens is 414 g/mol. The summed E-state index contributed by atoms with van der Waals surface area (Å²) in [5.74, 6) is -2.00. The lowest BCUT2D eigenvalue weighted by molar-refractivity contribution is 0.0730. The number of hydrogen-bond acceptors (Lipinski definition) is 4. The molecule has 2 aromatic carbocycles. The Kier molecular flexibility index (Phi) is 5.61. The zero-order valence-corrected chi connectivity index (χ0v) is 17.3. The molecule has 9 heteroatoms. The maximum Gasteiger partial charge on any atom is 0.258 e. The molecule has 2 aliphatic rings. The van der Waals surface area contributed by atoms with E-state index in [2.05, 4.69) is 0 Å². The molecule has 160 valence electrons. The third-order valence-corrected chi connectivity index (χ3v) is 7.51. The fourth-order valence-corrected chi connectivity index (χ4v) is 5.61. The van der Waals surface area contributed by atoms with Crippen molar-refractivity contribution in [1.29, 1.82) is 0 Å². The highest BCUT2D eigenvalue weighted by molar-refractivity contribution is 7.89. The number of anilines is 1. The number of morpholine rings is 1. The average molecular weight is 436 g/mol. The van der Waals surface area contributed by atoms with Gasteiger partial charge in [0.05, 0.1) is 23.8 Å².